The molecule has 0 saturated carbocycles. The Morgan fingerprint density at radius 1 is 1.10 bits per heavy atom. The van der Waals surface area contributed by atoms with Crippen LogP contribution in [0.15, 0.2) is 53.4 Å². The van der Waals surface area contributed by atoms with E-state index < -0.39 is 27.4 Å². The highest BCUT2D eigenvalue weighted by Gasteiger charge is 2.18. The van der Waals surface area contributed by atoms with Gasteiger partial charge in [-0.15, -0.1) is 0 Å². The van der Waals surface area contributed by atoms with E-state index in [0.717, 1.165) is 18.2 Å². The number of anilines is 1. The van der Waals surface area contributed by atoms with Crippen molar-refractivity contribution in [2.45, 2.75) is 4.90 Å². The third kappa shape index (κ3) is 2.94. The lowest BCUT2D eigenvalue weighted by atomic mass is 10.2. The zero-order valence-corrected chi connectivity index (χ0v) is 10.9. The Hall–Kier alpha value is -2.41. The number of carboxylic acids is 1. The van der Waals surface area contributed by atoms with Gasteiger partial charge in [0.05, 0.1) is 16.1 Å². The van der Waals surface area contributed by atoms with Gasteiger partial charge in [0.15, 0.2) is 0 Å². The number of halogens is 1. The van der Waals surface area contributed by atoms with Gasteiger partial charge in [-0.2, -0.15) is 0 Å². The third-order valence-corrected chi connectivity index (χ3v) is 3.89. The summed E-state index contributed by atoms with van der Waals surface area (Å²) >= 11 is 0. The molecule has 20 heavy (non-hydrogen) atoms. The van der Waals surface area contributed by atoms with Crippen LogP contribution in [0.3, 0.4) is 0 Å². The van der Waals surface area contributed by atoms with Crippen molar-refractivity contribution in [2.75, 3.05) is 4.72 Å². The van der Waals surface area contributed by atoms with E-state index in [0.29, 0.717) is 0 Å². The molecule has 0 bridgehead atoms. The van der Waals surface area contributed by atoms with Gasteiger partial charge in [-0.1, -0.05) is 18.2 Å². The first kappa shape index (κ1) is 14.0. The van der Waals surface area contributed by atoms with E-state index in [2.05, 4.69) is 4.72 Å². The zero-order chi connectivity index (χ0) is 14.8. The summed E-state index contributed by atoms with van der Waals surface area (Å²) in [7, 11) is -3.92. The molecule has 0 spiro atoms. The van der Waals surface area contributed by atoms with E-state index in [4.69, 9.17) is 5.11 Å². The summed E-state index contributed by atoms with van der Waals surface area (Å²) in [6.45, 7) is 0. The molecule has 0 aliphatic heterocycles. The molecule has 0 aliphatic carbocycles. The normalized spacial score (nSPS) is 11.1. The number of carbonyl (C=O) groups is 1. The smallest absolute Gasteiger partial charge is 0.337 e. The zero-order valence-electron chi connectivity index (χ0n) is 10.1. The predicted molar refractivity (Wildman–Crippen MR) is 70.6 cm³/mol. The van der Waals surface area contributed by atoms with Crippen LogP contribution in [-0.2, 0) is 10.0 Å². The fourth-order valence-electron chi connectivity index (χ4n) is 1.59. The summed E-state index contributed by atoms with van der Waals surface area (Å²) in [5.41, 5.74) is -0.646. The molecule has 0 aromatic heterocycles. The van der Waals surface area contributed by atoms with Gasteiger partial charge >= 0.3 is 5.97 Å². The van der Waals surface area contributed by atoms with E-state index in [1.807, 2.05) is 0 Å². The summed E-state index contributed by atoms with van der Waals surface area (Å²) in [5.74, 6) is -2.18. The van der Waals surface area contributed by atoms with Crippen molar-refractivity contribution in [3.8, 4) is 0 Å². The number of benzene rings is 2. The van der Waals surface area contributed by atoms with Gasteiger partial charge in [-0.05, 0) is 30.3 Å². The van der Waals surface area contributed by atoms with Gasteiger partial charge in [-0.3, -0.25) is 4.72 Å². The van der Waals surface area contributed by atoms with Gasteiger partial charge < -0.3 is 5.11 Å². The minimum atomic E-state index is -3.92. The summed E-state index contributed by atoms with van der Waals surface area (Å²) in [6.07, 6.45) is 0. The molecule has 0 aliphatic rings. The first-order valence-electron chi connectivity index (χ1n) is 5.51. The quantitative estimate of drug-likeness (QED) is 0.906. The van der Waals surface area contributed by atoms with Crippen LogP contribution >= 0.6 is 0 Å². The molecule has 2 aromatic rings. The Balaban J connectivity index is 2.43. The second-order valence-corrected chi connectivity index (χ2v) is 5.60. The lowest BCUT2D eigenvalue weighted by Gasteiger charge is -2.10. The molecule has 2 rings (SSSR count). The summed E-state index contributed by atoms with van der Waals surface area (Å²) in [5, 5.41) is 8.96. The maximum atomic E-state index is 13.0. The lowest BCUT2D eigenvalue weighted by Crippen LogP contribution is -2.15. The van der Waals surface area contributed by atoms with Gasteiger partial charge in [0.25, 0.3) is 10.0 Å². The minimum absolute atomic E-state index is 0.0133. The average molecular weight is 295 g/mol. The summed E-state index contributed by atoms with van der Waals surface area (Å²) in [6, 6.07) is 10.3. The van der Waals surface area contributed by atoms with Crippen LogP contribution in [-0.4, -0.2) is 19.5 Å². The fraction of sp³-hybridized carbons (Fsp3) is 0. The molecule has 2 N–H and O–H groups in total. The SMILES string of the molecule is O=C(O)c1cc(F)ccc1NS(=O)(=O)c1ccccc1. The van der Waals surface area contributed by atoms with E-state index >= 15 is 0 Å². The van der Waals surface area contributed by atoms with E-state index in [9.17, 15) is 17.6 Å². The van der Waals surface area contributed by atoms with Crippen LogP contribution in [0.5, 0.6) is 0 Å². The Kier molecular flexibility index (Phi) is 3.71. The molecular weight excluding hydrogens is 285 g/mol. The van der Waals surface area contributed by atoms with E-state index in [-0.39, 0.29) is 10.6 Å². The lowest BCUT2D eigenvalue weighted by molar-refractivity contribution is 0.0697. The van der Waals surface area contributed by atoms with Gasteiger partial charge in [0.2, 0.25) is 0 Å². The van der Waals surface area contributed by atoms with Crippen molar-refractivity contribution in [3.63, 3.8) is 0 Å². The molecule has 7 heteroatoms. The van der Waals surface area contributed by atoms with Crippen LogP contribution in [0.1, 0.15) is 10.4 Å². The Bertz CT molecular complexity index is 744. The topological polar surface area (TPSA) is 83.5 Å². The average Bonchev–Trinajstić information content (AvgIpc) is 2.41. The predicted octanol–water partition coefficient (Wildman–Crippen LogP) is 2.32. The maximum absolute atomic E-state index is 13.0. The molecule has 0 amide bonds. The molecule has 104 valence electrons. The van der Waals surface area contributed by atoms with Crippen LogP contribution in [0.4, 0.5) is 10.1 Å². The van der Waals surface area contributed by atoms with Crippen LogP contribution in [0.25, 0.3) is 0 Å². The Morgan fingerprint density at radius 2 is 1.75 bits per heavy atom. The number of carboxylic acid groups (broad SMARTS) is 1. The molecule has 2 aromatic carbocycles. The number of hydrogen-bond acceptors (Lipinski definition) is 3. The van der Waals surface area contributed by atoms with Crippen molar-refractivity contribution in [1.29, 1.82) is 0 Å². The molecule has 0 atom stereocenters. The van der Waals surface area contributed by atoms with Crippen molar-refractivity contribution >= 4 is 21.7 Å². The molecule has 0 saturated heterocycles. The van der Waals surface area contributed by atoms with Gasteiger partial charge in [0, 0.05) is 0 Å². The molecule has 0 radical (unpaired) electrons. The van der Waals surface area contributed by atoms with Gasteiger partial charge in [-0.25, -0.2) is 17.6 Å². The number of rotatable bonds is 4. The highest BCUT2D eigenvalue weighted by molar-refractivity contribution is 7.92. The van der Waals surface area contributed by atoms with E-state index in [1.54, 1.807) is 6.07 Å². The second-order valence-electron chi connectivity index (χ2n) is 3.91. The molecule has 0 unspecified atom stereocenters. The first-order chi connectivity index (χ1) is 9.40. The number of nitrogens with one attached hydrogen (secondary N) is 1. The monoisotopic (exact) mass is 295 g/mol. The Labute approximate surface area is 114 Å². The highest BCUT2D eigenvalue weighted by atomic mass is 32.2. The minimum Gasteiger partial charge on any atom is -0.478 e. The summed E-state index contributed by atoms with van der Waals surface area (Å²) in [4.78, 5) is 11.0. The molecule has 0 heterocycles. The van der Waals surface area contributed by atoms with Crippen LogP contribution in [0, 0.1) is 5.82 Å². The molecule has 0 fully saturated rings. The van der Waals surface area contributed by atoms with Crippen molar-refractivity contribution in [3.05, 3.63) is 59.9 Å². The Morgan fingerprint density at radius 3 is 2.35 bits per heavy atom. The third-order valence-electron chi connectivity index (χ3n) is 2.51. The number of aromatic carboxylic acids is 1. The highest BCUT2D eigenvalue weighted by Crippen LogP contribution is 2.21. The van der Waals surface area contributed by atoms with Crippen molar-refractivity contribution in [1.82, 2.24) is 0 Å². The van der Waals surface area contributed by atoms with E-state index in [1.165, 1.54) is 24.3 Å². The largest absolute Gasteiger partial charge is 0.478 e. The fourth-order valence-corrected chi connectivity index (χ4v) is 2.69. The number of hydrogen-bond donors (Lipinski definition) is 2. The first-order valence-corrected chi connectivity index (χ1v) is 6.99. The van der Waals surface area contributed by atoms with Gasteiger partial charge in [0.1, 0.15) is 5.82 Å². The standard InChI is InChI=1S/C13H10FNO4S/c14-9-6-7-12(11(8-9)13(16)17)15-20(18,19)10-4-2-1-3-5-10/h1-8,15H,(H,16,17). The second kappa shape index (κ2) is 5.30. The maximum Gasteiger partial charge on any atom is 0.337 e. The van der Waals surface area contributed by atoms with Crippen LogP contribution < -0.4 is 4.72 Å². The van der Waals surface area contributed by atoms with Crippen LogP contribution in [0.2, 0.25) is 0 Å². The molecular formula is C13H10FNO4S. The summed E-state index contributed by atoms with van der Waals surface area (Å²) < 4.78 is 39.3. The van der Waals surface area contributed by atoms with Crippen molar-refractivity contribution < 1.29 is 22.7 Å². The number of sulfonamides is 1. The van der Waals surface area contributed by atoms with Crippen molar-refractivity contribution in [2.24, 2.45) is 0 Å². The molecule has 5 nitrogen and oxygen atoms in total.